The Morgan fingerprint density at radius 3 is 2.60 bits per heavy atom. The first-order chi connectivity index (χ1) is 9.29. The summed E-state index contributed by atoms with van der Waals surface area (Å²) in [5, 5.41) is 4.26. The lowest BCUT2D eigenvalue weighted by Gasteiger charge is -2.18. The Labute approximate surface area is 119 Å². The maximum atomic E-state index is 12.3. The first kappa shape index (κ1) is 14.3. The molecule has 0 N–H and O–H groups in total. The molecule has 1 amide bonds. The maximum Gasteiger partial charge on any atom is 0.293 e. The van der Waals surface area contributed by atoms with Gasteiger partial charge in [-0.05, 0) is 32.9 Å². The van der Waals surface area contributed by atoms with E-state index >= 15 is 0 Å². The number of aromatic nitrogens is 4. The summed E-state index contributed by atoms with van der Waals surface area (Å²) in [7, 11) is 3.72. The van der Waals surface area contributed by atoms with E-state index in [1.54, 1.807) is 23.0 Å². The predicted octanol–water partition coefficient (Wildman–Crippen LogP) is 1.64. The molecule has 0 unspecified atom stereocenters. The summed E-state index contributed by atoms with van der Waals surface area (Å²) in [6, 6.07) is 3.95. The van der Waals surface area contributed by atoms with Gasteiger partial charge in [0.25, 0.3) is 5.91 Å². The summed E-state index contributed by atoms with van der Waals surface area (Å²) in [4.78, 5) is 18.0. The largest absolute Gasteiger partial charge is 0.353 e. The van der Waals surface area contributed by atoms with Gasteiger partial charge in [-0.3, -0.25) is 4.79 Å². The molecular weight excluding hydrogens is 254 g/mol. The van der Waals surface area contributed by atoms with Crippen LogP contribution in [-0.2, 0) is 19.1 Å². The maximum absolute atomic E-state index is 12.3. The van der Waals surface area contributed by atoms with Gasteiger partial charge in [0.2, 0.25) is 5.82 Å². The van der Waals surface area contributed by atoms with E-state index in [4.69, 9.17) is 0 Å². The SMILES string of the molecule is CN(Cc1cccn1C)C(=O)c1ncn(C(C)(C)C)n1. The van der Waals surface area contributed by atoms with Gasteiger partial charge in [0.1, 0.15) is 6.33 Å². The first-order valence-corrected chi connectivity index (χ1v) is 6.57. The number of hydrogen-bond donors (Lipinski definition) is 0. The molecule has 108 valence electrons. The van der Waals surface area contributed by atoms with Crippen molar-refractivity contribution in [2.75, 3.05) is 7.05 Å². The van der Waals surface area contributed by atoms with Gasteiger partial charge in [0, 0.05) is 26.0 Å². The first-order valence-electron chi connectivity index (χ1n) is 6.57. The highest BCUT2D eigenvalue weighted by Crippen LogP contribution is 2.12. The predicted molar refractivity (Wildman–Crippen MR) is 76.2 cm³/mol. The van der Waals surface area contributed by atoms with Crippen molar-refractivity contribution in [3.05, 3.63) is 36.2 Å². The summed E-state index contributed by atoms with van der Waals surface area (Å²) in [5.74, 6) is 0.0610. The molecule has 2 aromatic heterocycles. The van der Waals surface area contributed by atoms with Crippen molar-refractivity contribution < 1.29 is 4.79 Å². The molecule has 0 saturated heterocycles. The Hall–Kier alpha value is -2.11. The van der Waals surface area contributed by atoms with E-state index in [0.29, 0.717) is 6.54 Å². The van der Waals surface area contributed by atoms with Gasteiger partial charge in [0.05, 0.1) is 12.1 Å². The van der Waals surface area contributed by atoms with E-state index in [1.807, 2.05) is 50.7 Å². The van der Waals surface area contributed by atoms with E-state index in [0.717, 1.165) is 5.69 Å². The smallest absolute Gasteiger partial charge is 0.293 e. The van der Waals surface area contributed by atoms with Crippen LogP contribution in [0.2, 0.25) is 0 Å². The molecule has 2 heterocycles. The molecule has 6 heteroatoms. The molecule has 0 aromatic carbocycles. The fraction of sp³-hybridized carbons (Fsp3) is 0.500. The summed E-state index contributed by atoms with van der Waals surface area (Å²) >= 11 is 0. The summed E-state index contributed by atoms with van der Waals surface area (Å²) in [6.45, 7) is 6.59. The normalized spacial score (nSPS) is 11.7. The Balaban J connectivity index is 2.11. The van der Waals surface area contributed by atoms with Crippen molar-refractivity contribution in [2.45, 2.75) is 32.9 Å². The molecule has 0 aliphatic carbocycles. The molecular formula is C14H21N5O. The quantitative estimate of drug-likeness (QED) is 0.855. The van der Waals surface area contributed by atoms with E-state index in [2.05, 4.69) is 10.1 Å². The molecule has 0 aliphatic heterocycles. The van der Waals surface area contributed by atoms with Crippen LogP contribution in [0.1, 0.15) is 37.1 Å². The third-order valence-corrected chi connectivity index (χ3v) is 3.17. The van der Waals surface area contributed by atoms with Gasteiger partial charge in [-0.25, -0.2) is 9.67 Å². The monoisotopic (exact) mass is 275 g/mol. The number of amides is 1. The lowest BCUT2D eigenvalue weighted by atomic mass is 10.1. The highest BCUT2D eigenvalue weighted by atomic mass is 16.2. The lowest BCUT2D eigenvalue weighted by molar-refractivity contribution is 0.0769. The van der Waals surface area contributed by atoms with E-state index in [-0.39, 0.29) is 17.3 Å². The van der Waals surface area contributed by atoms with Crippen molar-refractivity contribution in [1.29, 1.82) is 0 Å². The third-order valence-electron chi connectivity index (χ3n) is 3.17. The fourth-order valence-electron chi connectivity index (χ4n) is 1.83. The Morgan fingerprint density at radius 1 is 1.40 bits per heavy atom. The Kier molecular flexibility index (Phi) is 3.65. The fourth-order valence-corrected chi connectivity index (χ4v) is 1.83. The second-order valence-corrected chi connectivity index (χ2v) is 5.96. The van der Waals surface area contributed by atoms with Gasteiger partial charge in [-0.2, -0.15) is 0 Å². The van der Waals surface area contributed by atoms with Crippen LogP contribution in [0.25, 0.3) is 0 Å². The average Bonchev–Trinajstić information content (AvgIpc) is 2.97. The Morgan fingerprint density at radius 2 is 2.10 bits per heavy atom. The van der Waals surface area contributed by atoms with Gasteiger partial charge in [0.15, 0.2) is 0 Å². The topological polar surface area (TPSA) is 56.0 Å². The van der Waals surface area contributed by atoms with Crippen LogP contribution in [0, 0.1) is 0 Å². The second-order valence-electron chi connectivity index (χ2n) is 5.96. The third kappa shape index (κ3) is 2.89. The minimum absolute atomic E-state index is 0.172. The van der Waals surface area contributed by atoms with Gasteiger partial charge >= 0.3 is 0 Å². The molecule has 0 spiro atoms. The summed E-state index contributed by atoms with van der Waals surface area (Å²) in [6.07, 6.45) is 3.56. The van der Waals surface area contributed by atoms with E-state index in [1.165, 1.54) is 0 Å². The van der Waals surface area contributed by atoms with Crippen molar-refractivity contribution in [1.82, 2.24) is 24.2 Å². The molecule has 0 aliphatic rings. The summed E-state index contributed by atoms with van der Waals surface area (Å²) in [5.41, 5.74) is 0.887. The van der Waals surface area contributed by atoms with Crippen molar-refractivity contribution in [2.24, 2.45) is 7.05 Å². The number of nitrogens with zero attached hydrogens (tertiary/aromatic N) is 5. The van der Waals surface area contributed by atoms with Gasteiger partial charge < -0.3 is 9.47 Å². The second kappa shape index (κ2) is 5.11. The van der Waals surface area contributed by atoms with Crippen molar-refractivity contribution in [3.8, 4) is 0 Å². The van der Waals surface area contributed by atoms with Crippen LogP contribution in [0.15, 0.2) is 24.7 Å². The van der Waals surface area contributed by atoms with Crippen LogP contribution < -0.4 is 0 Å². The van der Waals surface area contributed by atoms with Crippen LogP contribution in [0.3, 0.4) is 0 Å². The molecule has 0 atom stereocenters. The average molecular weight is 275 g/mol. The zero-order valence-corrected chi connectivity index (χ0v) is 12.7. The molecule has 6 nitrogen and oxygen atoms in total. The van der Waals surface area contributed by atoms with Gasteiger partial charge in [-0.15, -0.1) is 5.10 Å². The Bertz CT molecular complexity index is 605. The van der Waals surface area contributed by atoms with Crippen LogP contribution in [-0.4, -0.2) is 37.2 Å². The standard InChI is InChI=1S/C14H21N5O/c1-14(2,3)19-10-15-12(16-19)13(20)18(5)9-11-7-6-8-17(11)4/h6-8,10H,9H2,1-5H3. The molecule has 2 aromatic rings. The van der Waals surface area contributed by atoms with E-state index < -0.39 is 0 Å². The highest BCUT2D eigenvalue weighted by Gasteiger charge is 2.21. The summed E-state index contributed by atoms with van der Waals surface area (Å²) < 4.78 is 3.70. The van der Waals surface area contributed by atoms with Crippen LogP contribution in [0.4, 0.5) is 0 Å². The zero-order chi connectivity index (χ0) is 14.9. The van der Waals surface area contributed by atoms with Crippen LogP contribution in [0.5, 0.6) is 0 Å². The highest BCUT2D eigenvalue weighted by molar-refractivity contribution is 5.90. The minimum atomic E-state index is -0.178. The number of carbonyl (C=O) groups excluding carboxylic acids is 1. The van der Waals surface area contributed by atoms with Crippen molar-refractivity contribution >= 4 is 5.91 Å². The number of rotatable bonds is 3. The molecule has 0 saturated carbocycles. The minimum Gasteiger partial charge on any atom is -0.353 e. The van der Waals surface area contributed by atoms with E-state index in [9.17, 15) is 4.79 Å². The number of aryl methyl sites for hydroxylation is 1. The molecule has 20 heavy (non-hydrogen) atoms. The molecule has 0 radical (unpaired) electrons. The number of carbonyl (C=O) groups is 1. The molecule has 2 rings (SSSR count). The zero-order valence-electron chi connectivity index (χ0n) is 12.7. The van der Waals surface area contributed by atoms with Gasteiger partial charge in [-0.1, -0.05) is 0 Å². The lowest BCUT2D eigenvalue weighted by Crippen LogP contribution is -2.29. The number of hydrogen-bond acceptors (Lipinski definition) is 3. The van der Waals surface area contributed by atoms with Crippen molar-refractivity contribution in [3.63, 3.8) is 0 Å². The molecule has 0 bridgehead atoms. The van der Waals surface area contributed by atoms with Crippen LogP contribution >= 0.6 is 0 Å². The molecule has 0 fully saturated rings.